The molecule has 0 saturated heterocycles. The average Bonchev–Trinajstić information content (AvgIpc) is 2.34. The van der Waals surface area contributed by atoms with Crippen LogP contribution in [0.3, 0.4) is 0 Å². The lowest BCUT2D eigenvalue weighted by atomic mass is 10.1. The minimum atomic E-state index is -1.03. The van der Waals surface area contributed by atoms with Gasteiger partial charge in [-0.05, 0) is 6.07 Å². The van der Waals surface area contributed by atoms with Gasteiger partial charge in [0.05, 0.1) is 20.0 Å². The van der Waals surface area contributed by atoms with E-state index in [0.717, 1.165) is 6.07 Å². The fourth-order valence-corrected chi connectivity index (χ4v) is 1.33. The third kappa shape index (κ3) is 4.12. The molecule has 0 aliphatic carbocycles. The molecule has 0 saturated carbocycles. The van der Waals surface area contributed by atoms with Gasteiger partial charge in [-0.2, -0.15) is 0 Å². The van der Waals surface area contributed by atoms with Gasteiger partial charge in [0.1, 0.15) is 0 Å². The van der Waals surface area contributed by atoms with Crippen LogP contribution >= 0.6 is 0 Å². The highest BCUT2D eigenvalue weighted by Crippen LogP contribution is 2.11. The van der Waals surface area contributed by atoms with Crippen molar-refractivity contribution >= 4 is 11.9 Å². The van der Waals surface area contributed by atoms with Crippen LogP contribution < -0.4 is 5.32 Å². The largest absolute Gasteiger partial charge is 0.469 e. The molecule has 0 aromatic heterocycles. The molecule has 0 spiro atoms. The normalized spacial score (nSPS) is 9.94. The predicted molar refractivity (Wildman–Crippen MR) is 59.7 cm³/mol. The number of halogens is 2. The summed E-state index contributed by atoms with van der Waals surface area (Å²) in [6.07, 6.45) is -0.237. The number of carbonyl (C=O) groups is 2. The van der Waals surface area contributed by atoms with E-state index in [1.54, 1.807) is 0 Å². The van der Waals surface area contributed by atoms with Crippen LogP contribution in [0.1, 0.15) is 12.0 Å². The zero-order valence-electron chi connectivity index (χ0n) is 9.83. The highest BCUT2D eigenvalue weighted by molar-refractivity contribution is 5.79. The maximum Gasteiger partial charge on any atom is 0.307 e. The first-order chi connectivity index (χ1) is 8.54. The van der Waals surface area contributed by atoms with E-state index >= 15 is 0 Å². The molecule has 18 heavy (non-hydrogen) atoms. The van der Waals surface area contributed by atoms with Gasteiger partial charge in [0.25, 0.3) is 0 Å². The quantitative estimate of drug-likeness (QED) is 0.806. The van der Waals surface area contributed by atoms with Crippen LogP contribution in [0.4, 0.5) is 8.78 Å². The van der Waals surface area contributed by atoms with Crippen LogP contribution in [0, 0.1) is 11.6 Å². The van der Waals surface area contributed by atoms with Crippen molar-refractivity contribution in [3.8, 4) is 0 Å². The van der Waals surface area contributed by atoms with E-state index in [4.69, 9.17) is 0 Å². The van der Waals surface area contributed by atoms with Gasteiger partial charge in [-0.15, -0.1) is 0 Å². The lowest BCUT2D eigenvalue weighted by Crippen LogP contribution is -2.28. The topological polar surface area (TPSA) is 55.4 Å². The first kappa shape index (κ1) is 14.1. The highest BCUT2D eigenvalue weighted by Gasteiger charge is 2.11. The second-order valence-electron chi connectivity index (χ2n) is 3.57. The summed E-state index contributed by atoms with van der Waals surface area (Å²) in [5.74, 6) is -2.95. The molecule has 1 aromatic carbocycles. The molecule has 1 N–H and O–H groups in total. The Kier molecular flexibility index (Phi) is 5.23. The second-order valence-corrected chi connectivity index (χ2v) is 3.57. The van der Waals surface area contributed by atoms with Gasteiger partial charge < -0.3 is 10.1 Å². The molecule has 0 radical (unpaired) electrons. The molecule has 0 aliphatic rings. The van der Waals surface area contributed by atoms with Crippen molar-refractivity contribution in [3.05, 3.63) is 35.4 Å². The summed E-state index contributed by atoms with van der Waals surface area (Å²) in [4.78, 5) is 22.2. The summed E-state index contributed by atoms with van der Waals surface area (Å²) >= 11 is 0. The summed E-state index contributed by atoms with van der Waals surface area (Å²) in [5, 5.41) is 2.41. The monoisotopic (exact) mass is 257 g/mol. The zero-order chi connectivity index (χ0) is 13.5. The number of benzene rings is 1. The molecule has 1 amide bonds. The summed E-state index contributed by atoms with van der Waals surface area (Å²) in [7, 11) is 1.24. The Hall–Kier alpha value is -1.98. The van der Waals surface area contributed by atoms with E-state index in [1.807, 2.05) is 0 Å². The van der Waals surface area contributed by atoms with E-state index in [2.05, 4.69) is 10.1 Å². The fourth-order valence-electron chi connectivity index (χ4n) is 1.33. The Morgan fingerprint density at radius 3 is 2.72 bits per heavy atom. The first-order valence-electron chi connectivity index (χ1n) is 5.31. The summed E-state index contributed by atoms with van der Waals surface area (Å²) in [6, 6.07) is 3.64. The van der Waals surface area contributed by atoms with Crippen LogP contribution in [0.2, 0.25) is 0 Å². The number of rotatable bonds is 5. The maximum absolute atomic E-state index is 13.2. The Bertz CT molecular complexity index is 449. The van der Waals surface area contributed by atoms with Crippen LogP contribution in [0.15, 0.2) is 18.2 Å². The molecular formula is C12H13F2NO3. The molecule has 0 fully saturated rings. The average molecular weight is 257 g/mol. The zero-order valence-corrected chi connectivity index (χ0v) is 9.83. The molecule has 6 heteroatoms. The van der Waals surface area contributed by atoms with Gasteiger partial charge in [-0.25, -0.2) is 8.78 Å². The highest BCUT2D eigenvalue weighted by atomic mass is 19.2. The first-order valence-corrected chi connectivity index (χ1v) is 5.31. The summed E-state index contributed by atoms with van der Waals surface area (Å²) in [6.45, 7) is 0.0996. The molecule has 0 aliphatic heterocycles. The minimum absolute atomic E-state index is 0.0226. The number of esters is 1. The SMILES string of the molecule is COC(=O)CCNC(=O)Cc1cccc(F)c1F. The molecule has 1 aromatic rings. The molecule has 0 bridgehead atoms. The van der Waals surface area contributed by atoms with Gasteiger partial charge >= 0.3 is 5.97 Å². The van der Waals surface area contributed by atoms with Crippen molar-refractivity contribution in [1.82, 2.24) is 5.32 Å². The predicted octanol–water partition coefficient (Wildman–Crippen LogP) is 1.19. The van der Waals surface area contributed by atoms with Crippen molar-refractivity contribution in [1.29, 1.82) is 0 Å². The van der Waals surface area contributed by atoms with E-state index in [9.17, 15) is 18.4 Å². The van der Waals surface area contributed by atoms with Crippen LogP contribution in [0.25, 0.3) is 0 Å². The Balaban J connectivity index is 2.45. The molecular weight excluding hydrogens is 244 g/mol. The summed E-state index contributed by atoms with van der Waals surface area (Å²) < 4.78 is 30.5. The lowest BCUT2D eigenvalue weighted by Gasteiger charge is -2.05. The van der Waals surface area contributed by atoms with Crippen LogP contribution in [-0.4, -0.2) is 25.5 Å². The van der Waals surface area contributed by atoms with Gasteiger partial charge in [0, 0.05) is 12.1 Å². The van der Waals surface area contributed by atoms with E-state index in [1.165, 1.54) is 19.2 Å². The number of carbonyl (C=O) groups excluding carboxylic acids is 2. The van der Waals surface area contributed by atoms with Crippen molar-refractivity contribution < 1.29 is 23.1 Å². The Morgan fingerprint density at radius 1 is 1.33 bits per heavy atom. The van der Waals surface area contributed by atoms with Crippen LogP contribution in [0.5, 0.6) is 0 Å². The number of hydrogen-bond donors (Lipinski definition) is 1. The number of nitrogens with one attached hydrogen (secondary N) is 1. The Morgan fingerprint density at radius 2 is 2.06 bits per heavy atom. The lowest BCUT2D eigenvalue weighted by molar-refractivity contribution is -0.140. The van der Waals surface area contributed by atoms with E-state index < -0.39 is 23.5 Å². The molecule has 4 nitrogen and oxygen atoms in total. The van der Waals surface area contributed by atoms with Gasteiger partial charge in [0.2, 0.25) is 5.91 Å². The third-order valence-electron chi connectivity index (χ3n) is 2.26. The molecule has 0 unspecified atom stereocenters. The molecule has 0 heterocycles. The van der Waals surface area contributed by atoms with Gasteiger partial charge in [0.15, 0.2) is 11.6 Å². The molecule has 98 valence electrons. The number of hydrogen-bond acceptors (Lipinski definition) is 3. The standard InChI is InChI=1S/C12H13F2NO3/c1-18-11(17)5-6-15-10(16)7-8-3-2-4-9(13)12(8)14/h2-4H,5-7H2,1H3,(H,15,16). The van der Waals surface area contributed by atoms with Gasteiger partial charge in [-0.1, -0.05) is 12.1 Å². The van der Waals surface area contributed by atoms with Crippen molar-refractivity contribution in [3.63, 3.8) is 0 Å². The smallest absolute Gasteiger partial charge is 0.307 e. The molecule has 1 rings (SSSR count). The third-order valence-corrected chi connectivity index (χ3v) is 2.26. The Labute approximate surface area is 103 Å². The van der Waals surface area contributed by atoms with E-state index in [-0.39, 0.29) is 24.9 Å². The minimum Gasteiger partial charge on any atom is -0.469 e. The number of methoxy groups -OCH3 is 1. The second kappa shape index (κ2) is 6.68. The van der Waals surface area contributed by atoms with Gasteiger partial charge in [-0.3, -0.25) is 9.59 Å². The van der Waals surface area contributed by atoms with Crippen molar-refractivity contribution in [2.24, 2.45) is 0 Å². The fraction of sp³-hybridized carbons (Fsp3) is 0.333. The number of ether oxygens (including phenoxy) is 1. The summed E-state index contributed by atoms with van der Waals surface area (Å²) in [5.41, 5.74) is -0.0226. The molecule has 0 atom stereocenters. The maximum atomic E-state index is 13.2. The van der Waals surface area contributed by atoms with Crippen molar-refractivity contribution in [2.45, 2.75) is 12.8 Å². The number of amides is 1. The van der Waals surface area contributed by atoms with E-state index in [0.29, 0.717) is 0 Å². The van der Waals surface area contributed by atoms with Crippen LogP contribution in [-0.2, 0) is 20.7 Å². The van der Waals surface area contributed by atoms with Crippen molar-refractivity contribution in [2.75, 3.05) is 13.7 Å².